The molecule has 2 fully saturated rings. The summed E-state index contributed by atoms with van der Waals surface area (Å²) in [6.45, 7) is 7.49. The van der Waals surface area contributed by atoms with E-state index in [4.69, 9.17) is 30.5 Å². The number of ether oxygens (including phenoxy) is 4. The normalized spacial score (nSPS) is 16.0. The number of nitrogens with zero attached hydrogens (tertiary/aromatic N) is 3. The van der Waals surface area contributed by atoms with E-state index in [2.05, 4.69) is 14.9 Å². The number of aromatic nitrogens is 2. The molecule has 45 heavy (non-hydrogen) atoms. The third kappa shape index (κ3) is 7.38. The van der Waals surface area contributed by atoms with Crippen LogP contribution >= 0.6 is 11.6 Å². The molecule has 0 atom stereocenters. The molecule has 3 heterocycles. The number of ketones is 1. The maximum atomic E-state index is 14.1. The lowest BCUT2D eigenvalue weighted by Crippen LogP contribution is -2.51. The number of piperidine rings is 1. The largest absolute Gasteiger partial charge is 0.493 e. The Morgan fingerprint density at radius 3 is 2.56 bits per heavy atom. The van der Waals surface area contributed by atoms with Crippen molar-refractivity contribution in [2.24, 2.45) is 5.41 Å². The van der Waals surface area contributed by atoms with Gasteiger partial charge < -0.3 is 23.8 Å². The topological polar surface area (TPSA) is 83.0 Å². The number of halogens is 2. The fourth-order valence-corrected chi connectivity index (χ4v) is 6.20. The summed E-state index contributed by atoms with van der Waals surface area (Å²) in [7, 11) is 1.60. The van der Waals surface area contributed by atoms with Crippen molar-refractivity contribution >= 4 is 28.3 Å². The molecule has 0 aliphatic carbocycles. The maximum absolute atomic E-state index is 14.1. The molecule has 0 bridgehead atoms. The predicted molar refractivity (Wildman–Crippen MR) is 170 cm³/mol. The minimum atomic E-state index is -0.387. The van der Waals surface area contributed by atoms with Crippen molar-refractivity contribution in [3.63, 3.8) is 0 Å². The zero-order valence-corrected chi connectivity index (χ0v) is 26.4. The van der Waals surface area contributed by atoms with Gasteiger partial charge in [0.25, 0.3) is 0 Å². The second-order valence-corrected chi connectivity index (χ2v) is 12.5. The fourth-order valence-electron chi connectivity index (χ4n) is 5.97. The van der Waals surface area contributed by atoms with Crippen LogP contribution in [0, 0.1) is 18.2 Å². The summed E-state index contributed by atoms with van der Waals surface area (Å²) in [5, 5.41) is 1.03. The number of fused-ring (bicyclic) bond motifs is 1. The van der Waals surface area contributed by atoms with E-state index in [-0.39, 0.29) is 24.4 Å². The van der Waals surface area contributed by atoms with Gasteiger partial charge in [0.05, 0.1) is 37.8 Å². The van der Waals surface area contributed by atoms with Crippen molar-refractivity contribution in [2.45, 2.75) is 39.0 Å². The molecule has 4 aromatic rings. The number of benzene rings is 3. The van der Waals surface area contributed by atoms with E-state index < -0.39 is 0 Å². The standard InChI is InChI=1S/C35H37ClFN3O5/c1-23-4-7-30(37)25(14-23)16-26(41)15-24-5-6-27(17-29(24)36)45-34-28-18-32(42-2)33(19-31(28)38-22-39-34)44-13-3-10-40-11-8-35(9-12-40)20-43-21-35/h4-7,14,17-19,22H,3,8-13,15-16,20-21H2,1-2H3. The van der Waals surface area contributed by atoms with Crippen LogP contribution < -0.4 is 14.2 Å². The first-order valence-electron chi connectivity index (χ1n) is 15.3. The minimum Gasteiger partial charge on any atom is -0.493 e. The molecule has 2 aliphatic rings. The van der Waals surface area contributed by atoms with Gasteiger partial charge in [0.15, 0.2) is 11.5 Å². The molecule has 0 saturated carbocycles. The second-order valence-electron chi connectivity index (χ2n) is 12.1. The molecule has 1 spiro atoms. The summed E-state index contributed by atoms with van der Waals surface area (Å²) in [6, 6.07) is 13.5. The predicted octanol–water partition coefficient (Wildman–Crippen LogP) is 6.77. The summed E-state index contributed by atoms with van der Waals surface area (Å²) in [5.41, 5.74) is 3.01. The van der Waals surface area contributed by atoms with Gasteiger partial charge in [0, 0.05) is 35.9 Å². The molecular formula is C35H37ClFN3O5. The first-order chi connectivity index (χ1) is 21.8. The maximum Gasteiger partial charge on any atom is 0.230 e. The van der Waals surface area contributed by atoms with Crippen LogP contribution in [0.25, 0.3) is 10.9 Å². The second kappa shape index (κ2) is 13.7. The van der Waals surface area contributed by atoms with E-state index in [1.54, 1.807) is 37.4 Å². The molecule has 8 nitrogen and oxygen atoms in total. The molecular weight excluding hydrogens is 597 g/mol. The van der Waals surface area contributed by atoms with Crippen molar-refractivity contribution in [1.29, 1.82) is 0 Å². The van der Waals surface area contributed by atoms with Crippen LogP contribution in [-0.4, -0.2) is 67.2 Å². The van der Waals surface area contributed by atoms with Crippen LogP contribution in [0.4, 0.5) is 4.39 Å². The Hall–Kier alpha value is -3.79. The molecule has 0 radical (unpaired) electrons. The number of Topliss-reactive ketones (excluding diaryl/α,β-unsaturated/α-hetero) is 1. The van der Waals surface area contributed by atoms with E-state index in [1.165, 1.54) is 25.2 Å². The monoisotopic (exact) mass is 633 g/mol. The highest BCUT2D eigenvalue weighted by molar-refractivity contribution is 6.31. The number of hydrogen-bond donors (Lipinski definition) is 0. The van der Waals surface area contributed by atoms with E-state index in [9.17, 15) is 9.18 Å². The van der Waals surface area contributed by atoms with Crippen molar-refractivity contribution in [3.8, 4) is 23.1 Å². The van der Waals surface area contributed by atoms with Gasteiger partial charge >= 0.3 is 0 Å². The minimum absolute atomic E-state index is 0.00222. The highest BCUT2D eigenvalue weighted by atomic mass is 35.5. The number of carbonyl (C=O) groups excluding carboxylic acids is 1. The lowest BCUT2D eigenvalue weighted by atomic mass is 9.77. The Morgan fingerprint density at radius 1 is 1.02 bits per heavy atom. The average Bonchev–Trinajstić information content (AvgIpc) is 3.02. The van der Waals surface area contributed by atoms with Crippen LogP contribution in [-0.2, 0) is 22.4 Å². The summed E-state index contributed by atoms with van der Waals surface area (Å²) in [4.78, 5) is 24.0. The van der Waals surface area contributed by atoms with Gasteiger partial charge in [0.2, 0.25) is 5.88 Å². The van der Waals surface area contributed by atoms with Gasteiger partial charge in [-0.1, -0.05) is 35.4 Å². The van der Waals surface area contributed by atoms with Gasteiger partial charge in [0.1, 0.15) is 23.7 Å². The Labute approximate surface area is 267 Å². The third-order valence-electron chi connectivity index (χ3n) is 8.71. The SMILES string of the molecule is COc1cc2c(Oc3ccc(CC(=O)Cc4cc(C)ccc4F)c(Cl)c3)ncnc2cc1OCCCN1CCC2(CC1)COC2. The summed E-state index contributed by atoms with van der Waals surface area (Å²) < 4.78 is 37.4. The van der Waals surface area contributed by atoms with Crippen LogP contribution in [0.3, 0.4) is 0 Å². The smallest absolute Gasteiger partial charge is 0.230 e. The van der Waals surface area contributed by atoms with Crippen molar-refractivity contribution in [3.05, 3.63) is 82.4 Å². The molecule has 2 saturated heterocycles. The van der Waals surface area contributed by atoms with Crippen molar-refractivity contribution in [1.82, 2.24) is 14.9 Å². The summed E-state index contributed by atoms with van der Waals surface area (Å²) in [6.07, 6.45) is 4.85. The number of carbonyl (C=O) groups is 1. The number of methoxy groups -OCH3 is 1. The van der Waals surface area contributed by atoms with Crippen molar-refractivity contribution < 1.29 is 28.1 Å². The Kier molecular flexibility index (Phi) is 9.49. The zero-order valence-electron chi connectivity index (χ0n) is 25.6. The lowest BCUT2D eigenvalue weighted by Gasteiger charge is -2.47. The van der Waals surface area contributed by atoms with E-state index >= 15 is 0 Å². The van der Waals surface area contributed by atoms with Crippen LogP contribution in [0.2, 0.25) is 5.02 Å². The van der Waals surface area contributed by atoms with Crippen LogP contribution in [0.1, 0.15) is 36.0 Å². The molecule has 3 aromatic carbocycles. The summed E-state index contributed by atoms with van der Waals surface area (Å²) in [5.74, 6) is 1.44. The van der Waals surface area contributed by atoms with Crippen LogP contribution in [0.15, 0.2) is 54.9 Å². The first kappa shape index (κ1) is 31.2. The Balaban J connectivity index is 1.07. The van der Waals surface area contributed by atoms with Gasteiger partial charge in [-0.2, -0.15) is 0 Å². The lowest BCUT2D eigenvalue weighted by molar-refractivity contribution is -0.139. The van der Waals surface area contributed by atoms with Crippen molar-refractivity contribution in [2.75, 3.05) is 46.6 Å². The van der Waals surface area contributed by atoms with Gasteiger partial charge in [-0.05, 0) is 74.7 Å². The number of aryl methyl sites for hydroxylation is 1. The molecule has 10 heteroatoms. The van der Waals surface area contributed by atoms with Gasteiger partial charge in [-0.25, -0.2) is 14.4 Å². The average molecular weight is 634 g/mol. The summed E-state index contributed by atoms with van der Waals surface area (Å²) >= 11 is 6.53. The molecule has 6 rings (SSSR count). The number of hydrogen-bond acceptors (Lipinski definition) is 8. The number of likely N-dealkylation sites (tertiary alicyclic amines) is 1. The zero-order chi connectivity index (χ0) is 31.4. The third-order valence-corrected chi connectivity index (χ3v) is 9.06. The molecule has 0 N–H and O–H groups in total. The van der Waals surface area contributed by atoms with E-state index in [0.717, 1.165) is 44.8 Å². The quantitative estimate of drug-likeness (QED) is 0.158. The first-order valence-corrected chi connectivity index (χ1v) is 15.7. The molecule has 236 valence electrons. The van der Waals surface area contributed by atoms with Gasteiger partial charge in [-0.3, -0.25) is 4.79 Å². The van der Waals surface area contributed by atoms with Gasteiger partial charge in [-0.15, -0.1) is 0 Å². The molecule has 0 amide bonds. The van der Waals surface area contributed by atoms with E-state index in [1.807, 2.05) is 19.1 Å². The molecule has 2 aliphatic heterocycles. The van der Waals surface area contributed by atoms with Crippen LogP contribution in [0.5, 0.6) is 23.1 Å². The fraction of sp³-hybridized carbons (Fsp3) is 0.400. The Bertz CT molecular complexity index is 1690. The highest BCUT2D eigenvalue weighted by Crippen LogP contribution is 2.39. The molecule has 1 aromatic heterocycles. The Morgan fingerprint density at radius 2 is 1.82 bits per heavy atom. The van der Waals surface area contributed by atoms with E-state index in [0.29, 0.717) is 62.2 Å². The molecule has 0 unspecified atom stereocenters. The highest BCUT2D eigenvalue weighted by Gasteiger charge is 2.40. The number of rotatable bonds is 12.